The van der Waals surface area contributed by atoms with E-state index in [9.17, 15) is 9.59 Å². The van der Waals surface area contributed by atoms with Crippen LogP contribution in [0.25, 0.3) is 0 Å². The van der Waals surface area contributed by atoms with Gasteiger partial charge in [0.05, 0.1) is 12.2 Å². The average Bonchev–Trinajstić information content (AvgIpc) is 2.65. The number of rotatable bonds is 3. The number of ether oxygens (including phenoxy) is 1. The van der Waals surface area contributed by atoms with Gasteiger partial charge < -0.3 is 15.0 Å². The monoisotopic (exact) mass is 345 g/mol. The van der Waals surface area contributed by atoms with E-state index in [1.807, 2.05) is 41.8 Å². The van der Waals surface area contributed by atoms with Crippen LogP contribution in [-0.4, -0.2) is 49.6 Å². The number of nitrogens with one attached hydrogen (secondary N) is 1. The van der Waals surface area contributed by atoms with Crippen molar-refractivity contribution in [1.82, 2.24) is 10.2 Å². The van der Waals surface area contributed by atoms with E-state index in [1.54, 1.807) is 0 Å². The zero-order valence-electron chi connectivity index (χ0n) is 15.1. The summed E-state index contributed by atoms with van der Waals surface area (Å²) in [4.78, 5) is 28.7. The molecular weight excluding hydrogens is 318 g/mol. The summed E-state index contributed by atoms with van der Waals surface area (Å²) in [5.74, 6) is 0.912. The average molecular weight is 345 g/mol. The first kappa shape index (κ1) is 17.6. The Hall–Kier alpha value is -2.24. The lowest BCUT2D eigenvalue weighted by Crippen LogP contribution is -2.50. The molecule has 1 N–H and O–H groups in total. The molecular formula is C19H27N3O3. The van der Waals surface area contributed by atoms with Gasteiger partial charge in [-0.15, -0.1) is 0 Å². The van der Waals surface area contributed by atoms with Crippen LogP contribution in [0.4, 0.5) is 10.5 Å². The smallest absolute Gasteiger partial charge is 0.324 e. The van der Waals surface area contributed by atoms with Gasteiger partial charge in [0.15, 0.2) is 0 Å². The molecule has 6 heteroatoms. The van der Waals surface area contributed by atoms with Crippen LogP contribution in [0.3, 0.4) is 0 Å². The van der Waals surface area contributed by atoms with Gasteiger partial charge in [0.2, 0.25) is 5.91 Å². The van der Waals surface area contributed by atoms with Crippen molar-refractivity contribution in [1.29, 1.82) is 0 Å². The van der Waals surface area contributed by atoms with E-state index >= 15 is 0 Å². The Labute approximate surface area is 149 Å². The Balaban J connectivity index is 1.62. The molecule has 3 rings (SSSR count). The van der Waals surface area contributed by atoms with Gasteiger partial charge in [0, 0.05) is 25.6 Å². The summed E-state index contributed by atoms with van der Waals surface area (Å²) >= 11 is 0. The van der Waals surface area contributed by atoms with Crippen molar-refractivity contribution in [2.75, 3.05) is 37.7 Å². The fraction of sp³-hybridized carbons (Fsp3) is 0.579. The standard InChI is InChI=1S/C19H27N3O3/c1-3-8-20-18(23)15-6-9-21(10-7-15)19(24)22-11-12-25-17-5-4-14(2)13-16(17)22/h4-5,13,15H,3,6-12H2,1-2H3,(H,20,23). The molecule has 2 aliphatic rings. The van der Waals surface area contributed by atoms with E-state index in [4.69, 9.17) is 4.74 Å². The molecule has 1 saturated heterocycles. The zero-order valence-corrected chi connectivity index (χ0v) is 15.1. The second kappa shape index (κ2) is 7.76. The van der Waals surface area contributed by atoms with Crippen LogP contribution in [0.15, 0.2) is 18.2 Å². The number of urea groups is 1. The third-order valence-corrected chi connectivity index (χ3v) is 4.89. The van der Waals surface area contributed by atoms with Crippen molar-refractivity contribution in [3.05, 3.63) is 23.8 Å². The van der Waals surface area contributed by atoms with Gasteiger partial charge in [-0.25, -0.2) is 4.79 Å². The SMILES string of the molecule is CCCNC(=O)C1CCN(C(=O)N2CCOc3ccc(C)cc32)CC1. The van der Waals surface area contributed by atoms with E-state index < -0.39 is 0 Å². The van der Waals surface area contributed by atoms with Crippen LogP contribution in [0.1, 0.15) is 31.7 Å². The van der Waals surface area contributed by atoms with E-state index in [-0.39, 0.29) is 17.9 Å². The molecule has 1 fully saturated rings. The second-order valence-corrected chi connectivity index (χ2v) is 6.81. The second-order valence-electron chi connectivity index (χ2n) is 6.81. The summed E-state index contributed by atoms with van der Waals surface area (Å²) in [7, 11) is 0. The maximum absolute atomic E-state index is 13.0. The van der Waals surface area contributed by atoms with Crippen molar-refractivity contribution in [3.8, 4) is 5.75 Å². The van der Waals surface area contributed by atoms with Gasteiger partial charge in [-0.1, -0.05) is 13.0 Å². The van der Waals surface area contributed by atoms with Gasteiger partial charge in [0.1, 0.15) is 12.4 Å². The highest BCUT2D eigenvalue weighted by Crippen LogP contribution is 2.33. The number of likely N-dealkylation sites (tertiary alicyclic amines) is 1. The summed E-state index contributed by atoms with van der Waals surface area (Å²) in [6.45, 7) is 7.11. The normalized spacial score (nSPS) is 17.7. The van der Waals surface area contributed by atoms with Gasteiger partial charge in [0.25, 0.3) is 0 Å². The molecule has 0 aliphatic carbocycles. The molecule has 25 heavy (non-hydrogen) atoms. The number of amides is 3. The summed E-state index contributed by atoms with van der Waals surface area (Å²) < 4.78 is 5.67. The number of fused-ring (bicyclic) bond motifs is 1. The molecule has 0 saturated carbocycles. The third-order valence-electron chi connectivity index (χ3n) is 4.89. The molecule has 2 aliphatic heterocycles. The van der Waals surface area contributed by atoms with Gasteiger partial charge in [-0.3, -0.25) is 9.69 Å². The van der Waals surface area contributed by atoms with E-state index in [0.717, 1.165) is 42.8 Å². The number of anilines is 1. The summed E-state index contributed by atoms with van der Waals surface area (Å²) in [5, 5.41) is 2.96. The van der Waals surface area contributed by atoms with Gasteiger partial charge in [-0.2, -0.15) is 0 Å². The van der Waals surface area contributed by atoms with E-state index in [1.165, 1.54) is 0 Å². The molecule has 0 unspecified atom stereocenters. The maximum Gasteiger partial charge on any atom is 0.324 e. The first-order valence-electron chi connectivity index (χ1n) is 9.17. The molecule has 6 nitrogen and oxygen atoms in total. The molecule has 0 bridgehead atoms. The van der Waals surface area contributed by atoms with Crippen LogP contribution in [0.5, 0.6) is 5.75 Å². The highest BCUT2D eigenvalue weighted by molar-refractivity contribution is 5.94. The van der Waals surface area contributed by atoms with Crippen LogP contribution in [-0.2, 0) is 4.79 Å². The van der Waals surface area contributed by atoms with Crippen molar-refractivity contribution < 1.29 is 14.3 Å². The van der Waals surface area contributed by atoms with Crippen molar-refractivity contribution in [2.45, 2.75) is 33.1 Å². The maximum atomic E-state index is 13.0. The molecule has 2 heterocycles. The fourth-order valence-electron chi connectivity index (χ4n) is 3.42. The van der Waals surface area contributed by atoms with Crippen LogP contribution in [0, 0.1) is 12.8 Å². The molecule has 1 aromatic rings. The Morgan fingerprint density at radius 1 is 1.24 bits per heavy atom. The lowest BCUT2D eigenvalue weighted by atomic mass is 9.96. The summed E-state index contributed by atoms with van der Waals surface area (Å²) in [6.07, 6.45) is 2.40. The largest absolute Gasteiger partial charge is 0.490 e. The number of hydrogen-bond donors (Lipinski definition) is 1. The quantitative estimate of drug-likeness (QED) is 0.916. The number of carbonyl (C=O) groups excluding carboxylic acids is 2. The lowest BCUT2D eigenvalue weighted by Gasteiger charge is -2.37. The first-order valence-corrected chi connectivity index (χ1v) is 9.17. The predicted molar refractivity (Wildman–Crippen MR) is 97.0 cm³/mol. The Bertz CT molecular complexity index is 639. The Kier molecular flexibility index (Phi) is 5.46. The predicted octanol–water partition coefficient (Wildman–Crippen LogP) is 2.55. The molecule has 136 valence electrons. The molecule has 0 atom stereocenters. The highest BCUT2D eigenvalue weighted by Gasteiger charge is 2.32. The molecule has 1 aromatic carbocycles. The molecule has 0 aromatic heterocycles. The lowest BCUT2D eigenvalue weighted by molar-refractivity contribution is -0.126. The van der Waals surface area contributed by atoms with Crippen molar-refractivity contribution in [2.24, 2.45) is 5.92 Å². The highest BCUT2D eigenvalue weighted by atomic mass is 16.5. The van der Waals surface area contributed by atoms with E-state index in [2.05, 4.69) is 5.32 Å². The minimum absolute atomic E-state index is 0.0163. The molecule has 0 spiro atoms. The Morgan fingerprint density at radius 3 is 2.72 bits per heavy atom. The molecule has 0 radical (unpaired) electrons. The minimum Gasteiger partial charge on any atom is -0.490 e. The number of aryl methyl sites for hydroxylation is 1. The van der Waals surface area contributed by atoms with Gasteiger partial charge in [-0.05, 0) is 43.9 Å². The summed E-state index contributed by atoms with van der Waals surface area (Å²) in [5.41, 5.74) is 1.95. The summed E-state index contributed by atoms with van der Waals surface area (Å²) in [6, 6.07) is 5.93. The number of hydrogen-bond acceptors (Lipinski definition) is 3. The third kappa shape index (κ3) is 3.89. The van der Waals surface area contributed by atoms with E-state index in [0.29, 0.717) is 26.2 Å². The molecule has 3 amide bonds. The van der Waals surface area contributed by atoms with Crippen LogP contribution in [0.2, 0.25) is 0 Å². The number of piperidine rings is 1. The number of benzene rings is 1. The van der Waals surface area contributed by atoms with Crippen molar-refractivity contribution in [3.63, 3.8) is 0 Å². The van der Waals surface area contributed by atoms with Gasteiger partial charge >= 0.3 is 6.03 Å². The van der Waals surface area contributed by atoms with Crippen LogP contribution >= 0.6 is 0 Å². The van der Waals surface area contributed by atoms with Crippen LogP contribution < -0.4 is 15.0 Å². The fourth-order valence-corrected chi connectivity index (χ4v) is 3.42. The zero-order chi connectivity index (χ0) is 17.8. The Morgan fingerprint density at radius 2 is 2.00 bits per heavy atom. The first-order chi connectivity index (χ1) is 12.1. The topological polar surface area (TPSA) is 61.9 Å². The van der Waals surface area contributed by atoms with Crippen molar-refractivity contribution >= 4 is 17.6 Å². The minimum atomic E-state index is 0.0163. The number of carbonyl (C=O) groups is 2. The number of nitrogens with zero attached hydrogens (tertiary/aromatic N) is 2.